The first-order valence-corrected chi connectivity index (χ1v) is 6.81. The van der Waals surface area contributed by atoms with Crippen molar-refractivity contribution in [2.45, 2.75) is 31.7 Å². The van der Waals surface area contributed by atoms with Crippen LogP contribution in [0.1, 0.15) is 36.4 Å². The summed E-state index contributed by atoms with van der Waals surface area (Å²) in [6.07, 6.45) is 2.58. The smallest absolute Gasteiger partial charge is 0.303 e. The SMILES string of the molecule is O=C(O)CCCNC1CCc2c1ccc(F)c2Br. The molecule has 0 amide bonds. The quantitative estimate of drug-likeness (QED) is 0.821. The molecule has 0 bridgehead atoms. The molecule has 1 aromatic rings. The van der Waals surface area contributed by atoms with Crippen molar-refractivity contribution in [1.29, 1.82) is 0 Å². The molecule has 0 spiro atoms. The van der Waals surface area contributed by atoms with Crippen molar-refractivity contribution in [2.75, 3.05) is 6.54 Å². The van der Waals surface area contributed by atoms with Gasteiger partial charge in [0.05, 0.1) is 4.47 Å². The van der Waals surface area contributed by atoms with Gasteiger partial charge in [-0.25, -0.2) is 4.39 Å². The third-order valence-electron chi connectivity index (χ3n) is 3.25. The van der Waals surface area contributed by atoms with Gasteiger partial charge in [-0.05, 0) is 58.9 Å². The molecule has 0 aliphatic heterocycles. The summed E-state index contributed by atoms with van der Waals surface area (Å²) < 4.78 is 13.9. The summed E-state index contributed by atoms with van der Waals surface area (Å²) in [6.45, 7) is 0.672. The van der Waals surface area contributed by atoms with E-state index in [1.807, 2.05) is 6.07 Å². The topological polar surface area (TPSA) is 49.3 Å². The minimum Gasteiger partial charge on any atom is -0.481 e. The Labute approximate surface area is 114 Å². The van der Waals surface area contributed by atoms with Gasteiger partial charge >= 0.3 is 5.97 Å². The van der Waals surface area contributed by atoms with Crippen molar-refractivity contribution in [3.8, 4) is 0 Å². The summed E-state index contributed by atoms with van der Waals surface area (Å²) in [5, 5.41) is 11.9. The van der Waals surface area contributed by atoms with Crippen LogP contribution < -0.4 is 5.32 Å². The zero-order chi connectivity index (χ0) is 13.1. The van der Waals surface area contributed by atoms with E-state index in [1.165, 1.54) is 6.07 Å². The molecule has 0 saturated heterocycles. The van der Waals surface area contributed by atoms with Crippen LogP contribution in [0, 0.1) is 5.82 Å². The minimum atomic E-state index is -0.770. The zero-order valence-electron chi connectivity index (χ0n) is 9.88. The molecular formula is C13H15BrFNO2. The lowest BCUT2D eigenvalue weighted by molar-refractivity contribution is -0.137. The number of aliphatic carboxylic acids is 1. The van der Waals surface area contributed by atoms with E-state index in [-0.39, 0.29) is 18.3 Å². The van der Waals surface area contributed by atoms with E-state index in [4.69, 9.17) is 5.11 Å². The van der Waals surface area contributed by atoms with Crippen LogP contribution in [0.15, 0.2) is 16.6 Å². The van der Waals surface area contributed by atoms with Gasteiger partial charge in [-0.3, -0.25) is 4.79 Å². The van der Waals surface area contributed by atoms with Gasteiger partial charge < -0.3 is 10.4 Å². The van der Waals surface area contributed by atoms with Gasteiger partial charge in [0.1, 0.15) is 5.82 Å². The molecule has 5 heteroatoms. The molecule has 18 heavy (non-hydrogen) atoms. The van der Waals surface area contributed by atoms with Crippen LogP contribution in [0.3, 0.4) is 0 Å². The van der Waals surface area contributed by atoms with Crippen molar-refractivity contribution < 1.29 is 14.3 Å². The van der Waals surface area contributed by atoms with Crippen LogP contribution in [0.4, 0.5) is 4.39 Å². The highest BCUT2D eigenvalue weighted by Gasteiger charge is 2.24. The number of hydrogen-bond donors (Lipinski definition) is 2. The summed E-state index contributed by atoms with van der Waals surface area (Å²) in [5.41, 5.74) is 2.16. The summed E-state index contributed by atoms with van der Waals surface area (Å²) in [7, 11) is 0. The van der Waals surface area contributed by atoms with Crippen LogP contribution in [0.2, 0.25) is 0 Å². The first kappa shape index (κ1) is 13.5. The van der Waals surface area contributed by atoms with E-state index in [0.717, 1.165) is 24.0 Å². The molecule has 0 saturated carbocycles. The maximum atomic E-state index is 13.4. The van der Waals surface area contributed by atoms with Crippen LogP contribution >= 0.6 is 15.9 Å². The van der Waals surface area contributed by atoms with Gasteiger partial charge in [-0.15, -0.1) is 0 Å². The van der Waals surface area contributed by atoms with E-state index in [0.29, 0.717) is 17.4 Å². The highest BCUT2D eigenvalue weighted by Crippen LogP contribution is 2.36. The summed E-state index contributed by atoms with van der Waals surface area (Å²) in [6, 6.07) is 3.50. The molecule has 2 N–H and O–H groups in total. The minimum absolute atomic E-state index is 0.180. The zero-order valence-corrected chi connectivity index (χ0v) is 11.5. The lowest BCUT2D eigenvalue weighted by atomic mass is 10.1. The molecule has 1 aliphatic rings. The van der Waals surface area contributed by atoms with Gasteiger partial charge in [0, 0.05) is 12.5 Å². The van der Waals surface area contributed by atoms with Gasteiger partial charge in [-0.1, -0.05) is 6.07 Å². The molecule has 0 heterocycles. The van der Waals surface area contributed by atoms with E-state index in [2.05, 4.69) is 21.2 Å². The van der Waals surface area contributed by atoms with Crippen molar-refractivity contribution in [1.82, 2.24) is 5.32 Å². The molecule has 1 atom stereocenters. The Morgan fingerprint density at radius 2 is 2.33 bits per heavy atom. The lowest BCUT2D eigenvalue weighted by Gasteiger charge is -2.14. The van der Waals surface area contributed by atoms with E-state index < -0.39 is 5.97 Å². The number of nitrogens with one attached hydrogen (secondary N) is 1. The van der Waals surface area contributed by atoms with Gasteiger partial charge in [-0.2, -0.15) is 0 Å². The first-order valence-electron chi connectivity index (χ1n) is 6.01. The molecule has 0 aromatic heterocycles. The normalized spacial score (nSPS) is 17.8. The molecule has 0 radical (unpaired) electrons. The molecule has 3 nitrogen and oxygen atoms in total. The van der Waals surface area contributed by atoms with Crippen LogP contribution in [0.5, 0.6) is 0 Å². The standard InChI is InChI=1S/C13H15BrFNO2/c14-13-9-4-6-11(8(9)3-5-10(13)15)16-7-1-2-12(17)18/h3,5,11,16H,1-2,4,6-7H2,(H,17,18). The Hall–Kier alpha value is -0.940. The van der Waals surface area contributed by atoms with E-state index >= 15 is 0 Å². The van der Waals surface area contributed by atoms with Gasteiger partial charge in [0.2, 0.25) is 0 Å². The molecule has 0 fully saturated rings. The Morgan fingerprint density at radius 1 is 1.56 bits per heavy atom. The molecule has 98 valence electrons. The summed E-state index contributed by atoms with van der Waals surface area (Å²) >= 11 is 3.28. The number of rotatable bonds is 5. The predicted octanol–water partition coefficient (Wildman–Crippen LogP) is 3.03. The van der Waals surface area contributed by atoms with Crippen LogP contribution in [0.25, 0.3) is 0 Å². The highest BCUT2D eigenvalue weighted by atomic mass is 79.9. The first-order chi connectivity index (χ1) is 8.59. The number of halogens is 2. The largest absolute Gasteiger partial charge is 0.481 e. The van der Waals surface area contributed by atoms with Gasteiger partial charge in [0.15, 0.2) is 0 Å². The van der Waals surface area contributed by atoms with Crippen LogP contribution in [-0.2, 0) is 11.2 Å². The monoisotopic (exact) mass is 315 g/mol. The fraction of sp³-hybridized carbons (Fsp3) is 0.462. The van der Waals surface area contributed by atoms with E-state index in [9.17, 15) is 9.18 Å². The predicted molar refractivity (Wildman–Crippen MR) is 70.0 cm³/mol. The number of carbonyl (C=O) groups is 1. The van der Waals surface area contributed by atoms with Crippen molar-refractivity contribution in [3.05, 3.63) is 33.5 Å². The number of carboxylic acid groups (broad SMARTS) is 1. The Kier molecular flexibility index (Phi) is 4.35. The third kappa shape index (κ3) is 2.90. The van der Waals surface area contributed by atoms with Crippen molar-refractivity contribution in [3.63, 3.8) is 0 Å². The maximum absolute atomic E-state index is 13.4. The fourth-order valence-electron chi connectivity index (χ4n) is 2.36. The van der Waals surface area contributed by atoms with Crippen molar-refractivity contribution in [2.24, 2.45) is 0 Å². The Balaban J connectivity index is 1.95. The summed E-state index contributed by atoms with van der Waals surface area (Å²) in [4.78, 5) is 10.4. The molecule has 1 aliphatic carbocycles. The average molecular weight is 316 g/mol. The lowest BCUT2D eigenvalue weighted by Crippen LogP contribution is -2.21. The Morgan fingerprint density at radius 3 is 3.06 bits per heavy atom. The second kappa shape index (κ2) is 5.80. The second-order valence-electron chi connectivity index (χ2n) is 4.47. The number of carboxylic acids is 1. The highest BCUT2D eigenvalue weighted by molar-refractivity contribution is 9.10. The molecule has 2 rings (SSSR count). The summed E-state index contributed by atoms with van der Waals surface area (Å²) in [5.74, 6) is -0.992. The number of hydrogen-bond acceptors (Lipinski definition) is 2. The van der Waals surface area contributed by atoms with Crippen LogP contribution in [-0.4, -0.2) is 17.6 Å². The molecule has 1 unspecified atom stereocenters. The van der Waals surface area contributed by atoms with Crippen molar-refractivity contribution >= 4 is 21.9 Å². The second-order valence-corrected chi connectivity index (χ2v) is 5.26. The maximum Gasteiger partial charge on any atom is 0.303 e. The third-order valence-corrected chi connectivity index (χ3v) is 4.11. The average Bonchev–Trinajstić information content (AvgIpc) is 2.73. The number of fused-ring (bicyclic) bond motifs is 1. The molecular weight excluding hydrogens is 301 g/mol. The molecule has 1 aromatic carbocycles. The Bertz CT molecular complexity index is 465. The van der Waals surface area contributed by atoms with Gasteiger partial charge in [0.25, 0.3) is 0 Å². The number of benzene rings is 1. The van der Waals surface area contributed by atoms with E-state index in [1.54, 1.807) is 0 Å². The fourth-order valence-corrected chi connectivity index (χ4v) is 2.92.